The van der Waals surface area contributed by atoms with E-state index in [0.29, 0.717) is 0 Å². The van der Waals surface area contributed by atoms with Crippen LogP contribution in [0.2, 0.25) is 0 Å². The van der Waals surface area contributed by atoms with Gasteiger partial charge in [0.2, 0.25) is 0 Å². The lowest BCUT2D eigenvalue weighted by Gasteiger charge is -2.39. The van der Waals surface area contributed by atoms with E-state index < -0.39 is 48.5 Å². The fourth-order valence-electron chi connectivity index (χ4n) is 2.02. The highest BCUT2D eigenvalue weighted by Crippen LogP contribution is 2.34. The molecule has 1 saturated heterocycles. The van der Waals surface area contributed by atoms with Crippen LogP contribution in [-0.2, 0) is 4.74 Å². The molecule has 1 aliphatic heterocycles. The fourth-order valence-corrected chi connectivity index (χ4v) is 2.02. The standard InChI is InChI=1S/C11H14O8/c12-3-5-7(14)8(15)9(16)10(19-5)6-4(13)1-2-18-11(6)17/h1-2,5,7-10,12-16H,3H2/t5-,7+,8+,9-,10+/m1/s1. The van der Waals surface area contributed by atoms with Crippen molar-refractivity contribution in [2.24, 2.45) is 0 Å². The minimum atomic E-state index is -1.64. The lowest BCUT2D eigenvalue weighted by atomic mass is 9.91. The van der Waals surface area contributed by atoms with Crippen molar-refractivity contribution in [2.75, 3.05) is 6.61 Å². The third kappa shape index (κ3) is 2.36. The summed E-state index contributed by atoms with van der Waals surface area (Å²) < 4.78 is 9.71. The first kappa shape index (κ1) is 14.0. The SMILES string of the molecule is O=c1occc(O)c1[C@@H]1O[C@H](CO)[C@H](O)[C@H](O)[C@H]1O. The van der Waals surface area contributed by atoms with Crippen LogP contribution in [0.25, 0.3) is 0 Å². The molecule has 0 aliphatic carbocycles. The summed E-state index contributed by atoms with van der Waals surface area (Å²) in [5, 5.41) is 47.7. The highest BCUT2D eigenvalue weighted by Gasteiger charge is 2.45. The third-order valence-electron chi connectivity index (χ3n) is 3.07. The Hall–Kier alpha value is -1.45. The van der Waals surface area contributed by atoms with Gasteiger partial charge in [-0.2, -0.15) is 0 Å². The van der Waals surface area contributed by atoms with E-state index >= 15 is 0 Å². The maximum atomic E-state index is 11.5. The molecule has 2 rings (SSSR count). The molecule has 5 atom stereocenters. The van der Waals surface area contributed by atoms with Gasteiger partial charge in [-0.3, -0.25) is 0 Å². The lowest BCUT2D eigenvalue weighted by molar-refractivity contribution is -0.232. The van der Waals surface area contributed by atoms with Crippen molar-refractivity contribution in [3.8, 4) is 5.75 Å². The molecular formula is C11H14O8. The molecule has 8 heteroatoms. The average molecular weight is 274 g/mol. The van der Waals surface area contributed by atoms with Crippen LogP contribution in [0.1, 0.15) is 11.7 Å². The molecule has 0 saturated carbocycles. The van der Waals surface area contributed by atoms with Crippen LogP contribution in [0.15, 0.2) is 21.5 Å². The second kappa shape index (κ2) is 5.27. The monoisotopic (exact) mass is 274 g/mol. The second-order valence-electron chi connectivity index (χ2n) is 4.26. The highest BCUT2D eigenvalue weighted by atomic mass is 16.5. The number of aliphatic hydroxyl groups excluding tert-OH is 4. The molecule has 19 heavy (non-hydrogen) atoms. The van der Waals surface area contributed by atoms with Gasteiger partial charge in [0, 0.05) is 6.07 Å². The Morgan fingerprint density at radius 2 is 1.84 bits per heavy atom. The van der Waals surface area contributed by atoms with Crippen LogP contribution in [-0.4, -0.2) is 56.6 Å². The van der Waals surface area contributed by atoms with Gasteiger partial charge in [0.05, 0.1) is 12.9 Å². The van der Waals surface area contributed by atoms with Gasteiger partial charge in [0.15, 0.2) is 0 Å². The summed E-state index contributed by atoms with van der Waals surface area (Å²) in [7, 11) is 0. The fraction of sp³-hybridized carbons (Fsp3) is 0.545. The first-order chi connectivity index (χ1) is 8.97. The van der Waals surface area contributed by atoms with Crippen molar-refractivity contribution in [1.29, 1.82) is 0 Å². The molecule has 5 N–H and O–H groups in total. The summed E-state index contributed by atoms with van der Waals surface area (Å²) in [6, 6.07) is 1.08. The van der Waals surface area contributed by atoms with Crippen LogP contribution in [0.5, 0.6) is 5.75 Å². The van der Waals surface area contributed by atoms with Crippen molar-refractivity contribution in [2.45, 2.75) is 30.5 Å². The maximum absolute atomic E-state index is 11.5. The van der Waals surface area contributed by atoms with E-state index in [-0.39, 0.29) is 5.56 Å². The molecular weight excluding hydrogens is 260 g/mol. The van der Waals surface area contributed by atoms with Gasteiger partial charge in [0.25, 0.3) is 0 Å². The van der Waals surface area contributed by atoms with E-state index in [1.54, 1.807) is 0 Å². The zero-order valence-electron chi connectivity index (χ0n) is 9.71. The Morgan fingerprint density at radius 1 is 1.16 bits per heavy atom. The summed E-state index contributed by atoms with van der Waals surface area (Å²) in [4.78, 5) is 11.5. The molecule has 1 aromatic rings. The van der Waals surface area contributed by atoms with E-state index in [1.807, 2.05) is 0 Å². The zero-order chi connectivity index (χ0) is 14.2. The Bertz CT molecular complexity index is 496. The Labute approximate surface area is 107 Å². The zero-order valence-corrected chi connectivity index (χ0v) is 9.71. The highest BCUT2D eigenvalue weighted by molar-refractivity contribution is 5.31. The first-order valence-corrected chi connectivity index (χ1v) is 5.58. The van der Waals surface area contributed by atoms with Gasteiger partial charge in [-0.1, -0.05) is 0 Å². The summed E-state index contributed by atoms with van der Waals surface area (Å²) in [5.74, 6) is -0.472. The largest absolute Gasteiger partial charge is 0.507 e. The van der Waals surface area contributed by atoms with E-state index in [1.165, 1.54) is 0 Å². The predicted octanol–water partition coefficient (Wildman–Crippen LogP) is -2.14. The minimum absolute atomic E-state index is 0.376. The van der Waals surface area contributed by atoms with Gasteiger partial charge in [0.1, 0.15) is 41.8 Å². The van der Waals surface area contributed by atoms with Gasteiger partial charge in [-0.15, -0.1) is 0 Å². The molecule has 2 heterocycles. The summed E-state index contributed by atoms with van der Waals surface area (Å²) in [5.41, 5.74) is -1.32. The average Bonchev–Trinajstić information content (AvgIpc) is 2.38. The van der Waals surface area contributed by atoms with Gasteiger partial charge < -0.3 is 34.7 Å². The molecule has 0 bridgehead atoms. The number of hydrogen-bond acceptors (Lipinski definition) is 8. The summed E-state index contributed by atoms with van der Waals surface area (Å²) in [6.07, 6.45) is -6.42. The van der Waals surface area contributed by atoms with Gasteiger partial charge in [-0.25, -0.2) is 4.79 Å². The van der Waals surface area contributed by atoms with E-state index in [4.69, 9.17) is 9.84 Å². The normalized spacial score (nSPS) is 35.3. The van der Waals surface area contributed by atoms with Gasteiger partial charge in [-0.05, 0) is 0 Å². The van der Waals surface area contributed by atoms with Crippen LogP contribution >= 0.6 is 0 Å². The van der Waals surface area contributed by atoms with Crippen LogP contribution in [0.4, 0.5) is 0 Å². The second-order valence-corrected chi connectivity index (χ2v) is 4.26. The molecule has 0 spiro atoms. The summed E-state index contributed by atoms with van der Waals surface area (Å²) >= 11 is 0. The van der Waals surface area contributed by atoms with Crippen molar-refractivity contribution in [3.05, 3.63) is 28.3 Å². The molecule has 0 amide bonds. The maximum Gasteiger partial charge on any atom is 0.345 e. The van der Waals surface area contributed by atoms with Crippen molar-refractivity contribution in [3.63, 3.8) is 0 Å². The quantitative estimate of drug-likeness (QED) is 0.411. The van der Waals surface area contributed by atoms with Crippen molar-refractivity contribution in [1.82, 2.24) is 0 Å². The molecule has 1 aliphatic rings. The third-order valence-corrected chi connectivity index (χ3v) is 3.07. The number of aliphatic hydroxyl groups is 4. The molecule has 1 aromatic heterocycles. The van der Waals surface area contributed by atoms with Crippen molar-refractivity contribution < 1.29 is 34.7 Å². The lowest BCUT2D eigenvalue weighted by Crippen LogP contribution is -2.55. The Kier molecular flexibility index (Phi) is 3.88. The number of rotatable bonds is 2. The van der Waals surface area contributed by atoms with E-state index in [0.717, 1.165) is 12.3 Å². The molecule has 0 radical (unpaired) electrons. The van der Waals surface area contributed by atoms with Crippen LogP contribution < -0.4 is 5.63 Å². The number of ether oxygens (including phenoxy) is 1. The summed E-state index contributed by atoms with van der Waals surface area (Å²) in [6.45, 7) is -0.625. The molecule has 1 fully saturated rings. The van der Waals surface area contributed by atoms with E-state index in [9.17, 15) is 25.2 Å². The molecule has 0 aromatic carbocycles. The Balaban J connectivity index is 2.41. The molecule has 8 nitrogen and oxygen atoms in total. The Morgan fingerprint density at radius 3 is 2.42 bits per heavy atom. The first-order valence-electron chi connectivity index (χ1n) is 5.58. The van der Waals surface area contributed by atoms with E-state index in [2.05, 4.69) is 4.42 Å². The smallest absolute Gasteiger partial charge is 0.345 e. The predicted molar refractivity (Wildman–Crippen MR) is 59.4 cm³/mol. The topological polar surface area (TPSA) is 141 Å². The minimum Gasteiger partial charge on any atom is -0.507 e. The van der Waals surface area contributed by atoms with Crippen molar-refractivity contribution >= 4 is 0 Å². The van der Waals surface area contributed by atoms with Crippen LogP contribution in [0, 0.1) is 0 Å². The van der Waals surface area contributed by atoms with Crippen LogP contribution in [0.3, 0.4) is 0 Å². The van der Waals surface area contributed by atoms with Gasteiger partial charge >= 0.3 is 5.63 Å². The molecule has 106 valence electrons. The number of hydrogen-bond donors (Lipinski definition) is 5. The number of aromatic hydroxyl groups is 1. The molecule has 0 unspecified atom stereocenters.